The number of carboxylic acids is 1. The van der Waals surface area contributed by atoms with E-state index in [0.29, 0.717) is 0 Å². The van der Waals surface area contributed by atoms with Gasteiger partial charge in [-0.05, 0) is 18.2 Å². The zero-order valence-corrected chi connectivity index (χ0v) is 9.06. The van der Waals surface area contributed by atoms with E-state index in [4.69, 9.17) is 16.7 Å². The lowest BCUT2D eigenvalue weighted by Gasteiger charge is -2.08. The topological polar surface area (TPSA) is 37.3 Å². The number of halogens is 4. The van der Waals surface area contributed by atoms with Crippen molar-refractivity contribution in [2.45, 2.75) is 12.6 Å². The van der Waals surface area contributed by atoms with Crippen LogP contribution in [-0.4, -0.2) is 11.1 Å². The zero-order valence-electron chi connectivity index (χ0n) is 8.31. The Labute approximate surface area is 100 Å². The molecule has 0 aliphatic heterocycles. The molecule has 0 saturated carbocycles. The highest BCUT2D eigenvalue weighted by Crippen LogP contribution is 2.34. The van der Waals surface area contributed by atoms with Crippen LogP contribution in [-0.2, 0) is 11.0 Å². The average Bonchev–Trinajstić information content (AvgIpc) is 2.18. The third-order valence-electron chi connectivity index (χ3n) is 1.74. The van der Waals surface area contributed by atoms with Crippen molar-refractivity contribution in [3.8, 4) is 11.8 Å². The van der Waals surface area contributed by atoms with Gasteiger partial charge in [-0.3, -0.25) is 4.79 Å². The second-order valence-electron chi connectivity index (χ2n) is 3.06. The summed E-state index contributed by atoms with van der Waals surface area (Å²) in [5, 5.41) is 7.90. The molecule has 0 radical (unpaired) electrons. The highest BCUT2D eigenvalue weighted by Gasteiger charge is 2.33. The molecule has 0 aromatic heterocycles. The summed E-state index contributed by atoms with van der Waals surface area (Å²) in [6.45, 7) is 0. The number of carboxylic acid groups (broad SMARTS) is 1. The first-order valence-corrected chi connectivity index (χ1v) is 4.76. The number of benzene rings is 1. The lowest BCUT2D eigenvalue weighted by Crippen LogP contribution is -2.06. The zero-order chi connectivity index (χ0) is 13.1. The molecule has 0 aliphatic carbocycles. The highest BCUT2D eigenvalue weighted by molar-refractivity contribution is 6.31. The van der Waals surface area contributed by atoms with Gasteiger partial charge in [-0.15, -0.1) is 0 Å². The van der Waals surface area contributed by atoms with Crippen LogP contribution in [0.25, 0.3) is 0 Å². The van der Waals surface area contributed by atoms with Gasteiger partial charge in [0.2, 0.25) is 0 Å². The smallest absolute Gasteiger partial charge is 0.417 e. The molecule has 0 amide bonds. The van der Waals surface area contributed by atoms with Gasteiger partial charge in [0.15, 0.2) is 0 Å². The molecule has 1 aromatic carbocycles. The minimum absolute atomic E-state index is 0.0722. The fourth-order valence-corrected chi connectivity index (χ4v) is 1.27. The summed E-state index contributed by atoms with van der Waals surface area (Å²) in [6, 6.07) is 3.17. The van der Waals surface area contributed by atoms with Crippen LogP contribution >= 0.6 is 11.6 Å². The number of hydrogen-bond acceptors (Lipinski definition) is 1. The van der Waals surface area contributed by atoms with E-state index in [2.05, 4.69) is 11.8 Å². The van der Waals surface area contributed by atoms with Crippen molar-refractivity contribution < 1.29 is 23.1 Å². The fraction of sp³-hybridized carbons (Fsp3) is 0.182. The predicted octanol–water partition coefficient (Wildman–Crippen LogP) is 3.19. The van der Waals surface area contributed by atoms with Crippen molar-refractivity contribution in [2.75, 3.05) is 0 Å². The summed E-state index contributed by atoms with van der Waals surface area (Å²) >= 11 is 5.40. The summed E-state index contributed by atoms with van der Waals surface area (Å²) in [4.78, 5) is 10.2. The summed E-state index contributed by atoms with van der Waals surface area (Å²) in [7, 11) is 0. The van der Waals surface area contributed by atoms with E-state index in [1.807, 2.05) is 0 Å². The molecule has 0 spiro atoms. The molecule has 0 aliphatic rings. The van der Waals surface area contributed by atoms with Gasteiger partial charge in [0.05, 0.1) is 10.6 Å². The SMILES string of the molecule is O=C(O)CC#Cc1ccc(Cl)c(C(F)(F)F)c1. The molecule has 6 heteroatoms. The standard InChI is InChI=1S/C11H6ClF3O2/c12-9-5-4-7(2-1-3-10(16)17)6-8(9)11(13,14)15/h4-6H,3H2,(H,16,17). The summed E-state index contributed by atoms with van der Waals surface area (Å²) in [5.74, 6) is 3.43. The summed E-state index contributed by atoms with van der Waals surface area (Å²) < 4.78 is 37.4. The maximum Gasteiger partial charge on any atom is 0.417 e. The van der Waals surface area contributed by atoms with Crippen molar-refractivity contribution in [3.63, 3.8) is 0 Å². The number of carbonyl (C=O) groups is 1. The highest BCUT2D eigenvalue weighted by atomic mass is 35.5. The molecule has 1 N–H and O–H groups in total. The largest absolute Gasteiger partial charge is 0.481 e. The van der Waals surface area contributed by atoms with Crippen molar-refractivity contribution in [1.29, 1.82) is 0 Å². The molecule has 0 atom stereocenters. The summed E-state index contributed by atoms with van der Waals surface area (Å²) in [6.07, 6.45) is -4.98. The first kappa shape index (κ1) is 13.4. The number of aliphatic carboxylic acids is 1. The first-order valence-electron chi connectivity index (χ1n) is 4.38. The number of hydrogen-bond donors (Lipinski definition) is 1. The van der Waals surface area contributed by atoms with Gasteiger partial charge in [0, 0.05) is 5.56 Å². The van der Waals surface area contributed by atoms with Gasteiger partial charge in [-0.1, -0.05) is 23.4 Å². The molecule has 0 saturated heterocycles. The third-order valence-corrected chi connectivity index (χ3v) is 2.07. The van der Waals surface area contributed by atoms with E-state index in [0.717, 1.165) is 12.1 Å². The van der Waals surface area contributed by atoms with Crippen LogP contribution < -0.4 is 0 Å². The van der Waals surface area contributed by atoms with E-state index in [1.54, 1.807) is 0 Å². The van der Waals surface area contributed by atoms with Crippen LogP contribution in [0.2, 0.25) is 5.02 Å². The molecule has 1 rings (SSSR count). The van der Waals surface area contributed by atoms with Crippen LogP contribution in [0.3, 0.4) is 0 Å². The predicted molar refractivity (Wildman–Crippen MR) is 55.6 cm³/mol. The molecule has 0 fully saturated rings. The number of alkyl halides is 3. The molecule has 0 unspecified atom stereocenters. The van der Waals surface area contributed by atoms with Crippen molar-refractivity contribution in [3.05, 3.63) is 34.3 Å². The van der Waals surface area contributed by atoms with Gasteiger partial charge < -0.3 is 5.11 Å². The molecular formula is C11H6ClF3O2. The molecule has 0 bridgehead atoms. The van der Waals surface area contributed by atoms with E-state index < -0.39 is 29.2 Å². The Kier molecular flexibility index (Phi) is 4.02. The second-order valence-corrected chi connectivity index (χ2v) is 3.47. The van der Waals surface area contributed by atoms with Crippen molar-refractivity contribution in [2.24, 2.45) is 0 Å². The van der Waals surface area contributed by atoms with Crippen LogP contribution in [0.15, 0.2) is 18.2 Å². The normalized spacial score (nSPS) is 10.6. The monoisotopic (exact) mass is 262 g/mol. The molecule has 0 heterocycles. The van der Waals surface area contributed by atoms with Crippen LogP contribution in [0.1, 0.15) is 17.5 Å². The van der Waals surface area contributed by atoms with Gasteiger partial charge in [0.1, 0.15) is 6.42 Å². The maximum atomic E-state index is 12.5. The Morgan fingerprint density at radius 1 is 1.41 bits per heavy atom. The van der Waals surface area contributed by atoms with Crippen LogP contribution in [0.5, 0.6) is 0 Å². The Morgan fingerprint density at radius 2 is 2.06 bits per heavy atom. The third kappa shape index (κ3) is 4.00. The van der Waals surface area contributed by atoms with Crippen LogP contribution in [0, 0.1) is 11.8 Å². The van der Waals surface area contributed by atoms with Gasteiger partial charge in [0.25, 0.3) is 0 Å². The lowest BCUT2D eigenvalue weighted by molar-refractivity contribution is -0.137. The van der Waals surface area contributed by atoms with Gasteiger partial charge in [-0.2, -0.15) is 13.2 Å². The lowest BCUT2D eigenvalue weighted by atomic mass is 10.1. The molecular weight excluding hydrogens is 257 g/mol. The van der Waals surface area contributed by atoms with E-state index in [1.165, 1.54) is 6.07 Å². The Hall–Kier alpha value is -1.67. The Bertz CT molecular complexity index is 498. The number of rotatable bonds is 1. The minimum Gasteiger partial charge on any atom is -0.481 e. The minimum atomic E-state index is -4.55. The molecule has 17 heavy (non-hydrogen) atoms. The fourth-order valence-electron chi connectivity index (χ4n) is 1.04. The van der Waals surface area contributed by atoms with E-state index in [-0.39, 0.29) is 5.56 Å². The van der Waals surface area contributed by atoms with E-state index >= 15 is 0 Å². The van der Waals surface area contributed by atoms with Crippen molar-refractivity contribution >= 4 is 17.6 Å². The molecule has 90 valence electrons. The van der Waals surface area contributed by atoms with Gasteiger partial charge in [-0.25, -0.2) is 0 Å². The van der Waals surface area contributed by atoms with Crippen LogP contribution in [0.4, 0.5) is 13.2 Å². The Morgan fingerprint density at radius 3 is 2.59 bits per heavy atom. The average molecular weight is 263 g/mol. The Balaban J connectivity index is 3.04. The summed E-state index contributed by atoms with van der Waals surface area (Å²) in [5.41, 5.74) is -0.913. The van der Waals surface area contributed by atoms with E-state index in [9.17, 15) is 18.0 Å². The first-order chi connectivity index (χ1) is 7.80. The van der Waals surface area contributed by atoms with Crippen molar-refractivity contribution in [1.82, 2.24) is 0 Å². The quantitative estimate of drug-likeness (QED) is 0.789. The van der Waals surface area contributed by atoms with Gasteiger partial charge >= 0.3 is 12.1 Å². The molecule has 1 aromatic rings. The maximum absolute atomic E-state index is 12.5. The second kappa shape index (κ2) is 5.11. The molecule has 2 nitrogen and oxygen atoms in total.